The third-order valence-electron chi connectivity index (χ3n) is 4.53. The van der Waals surface area contributed by atoms with Crippen LogP contribution in [0.15, 0.2) is 41.5 Å². The van der Waals surface area contributed by atoms with Crippen molar-refractivity contribution >= 4 is 10.9 Å². The number of nitrogens with one attached hydrogen (secondary N) is 1. The summed E-state index contributed by atoms with van der Waals surface area (Å²) in [6.07, 6.45) is 3.56. The first kappa shape index (κ1) is 17.2. The van der Waals surface area contributed by atoms with Crippen LogP contribution in [0.25, 0.3) is 10.9 Å². The van der Waals surface area contributed by atoms with Crippen molar-refractivity contribution < 1.29 is 4.74 Å². The minimum atomic E-state index is 0.112. The molecule has 0 aliphatic heterocycles. The Morgan fingerprint density at radius 2 is 2.00 bits per heavy atom. The molecule has 0 unspecified atom stereocenters. The number of H-pyrrole nitrogens is 1. The van der Waals surface area contributed by atoms with Gasteiger partial charge in [0.2, 0.25) is 0 Å². The Morgan fingerprint density at radius 1 is 1.20 bits per heavy atom. The summed E-state index contributed by atoms with van der Waals surface area (Å²) in [5.74, 6) is 0.778. The molecule has 1 aromatic carbocycles. The zero-order valence-corrected chi connectivity index (χ0v) is 15.1. The minimum absolute atomic E-state index is 0.112. The van der Waals surface area contributed by atoms with E-state index in [4.69, 9.17) is 4.74 Å². The quantitative estimate of drug-likeness (QED) is 0.777. The molecule has 2 heterocycles. The zero-order valence-electron chi connectivity index (χ0n) is 15.1. The third-order valence-corrected chi connectivity index (χ3v) is 4.53. The minimum Gasteiger partial charge on any atom is -0.494 e. The Hall–Kier alpha value is -2.66. The van der Waals surface area contributed by atoms with Gasteiger partial charge < -0.3 is 9.72 Å². The smallest absolute Gasteiger partial charge is 0.187 e. The monoisotopic (exact) mass is 337 g/mol. The molecule has 3 aromatic rings. The van der Waals surface area contributed by atoms with Crippen LogP contribution in [-0.4, -0.2) is 29.0 Å². The van der Waals surface area contributed by atoms with Crippen molar-refractivity contribution in [2.45, 2.75) is 26.9 Å². The molecule has 0 saturated carbocycles. The van der Waals surface area contributed by atoms with E-state index in [1.54, 1.807) is 19.5 Å². The molecule has 5 nitrogen and oxygen atoms in total. The molecular formula is C20H23N3O2. The molecule has 2 aromatic heterocycles. The molecule has 0 atom stereocenters. The lowest BCUT2D eigenvalue weighted by Gasteiger charge is -2.19. The predicted octanol–water partition coefficient (Wildman–Crippen LogP) is 3.18. The van der Waals surface area contributed by atoms with Crippen LogP contribution >= 0.6 is 0 Å². The van der Waals surface area contributed by atoms with Gasteiger partial charge in [0.1, 0.15) is 11.3 Å². The number of nitrogens with zero attached hydrogens (tertiary/aromatic N) is 2. The van der Waals surface area contributed by atoms with Gasteiger partial charge in [-0.2, -0.15) is 0 Å². The van der Waals surface area contributed by atoms with Crippen molar-refractivity contribution in [1.82, 2.24) is 14.9 Å². The molecule has 0 spiro atoms. The highest BCUT2D eigenvalue weighted by Gasteiger charge is 2.12. The number of methoxy groups -OCH3 is 1. The van der Waals surface area contributed by atoms with Gasteiger partial charge in [0.25, 0.3) is 0 Å². The molecule has 25 heavy (non-hydrogen) atoms. The highest BCUT2D eigenvalue weighted by Crippen LogP contribution is 2.27. The van der Waals surface area contributed by atoms with Crippen molar-refractivity contribution in [2.75, 3.05) is 14.2 Å². The molecule has 5 heteroatoms. The maximum Gasteiger partial charge on any atom is 0.187 e. The van der Waals surface area contributed by atoms with Gasteiger partial charge in [0.15, 0.2) is 5.43 Å². The van der Waals surface area contributed by atoms with E-state index in [0.29, 0.717) is 6.54 Å². The molecule has 0 fully saturated rings. The van der Waals surface area contributed by atoms with Crippen LogP contribution in [0.2, 0.25) is 0 Å². The van der Waals surface area contributed by atoms with E-state index >= 15 is 0 Å². The Labute approximate surface area is 147 Å². The van der Waals surface area contributed by atoms with Crippen molar-refractivity contribution in [3.8, 4) is 5.75 Å². The topological polar surface area (TPSA) is 58.2 Å². The Morgan fingerprint density at radius 3 is 2.76 bits per heavy atom. The fourth-order valence-electron chi connectivity index (χ4n) is 3.09. The normalized spacial score (nSPS) is 11.2. The Balaban J connectivity index is 1.87. The average Bonchev–Trinajstić information content (AvgIpc) is 2.62. The number of pyridine rings is 2. The first-order valence-electron chi connectivity index (χ1n) is 8.28. The van der Waals surface area contributed by atoms with Crippen molar-refractivity contribution in [3.05, 3.63) is 69.3 Å². The number of aromatic amines is 1. The van der Waals surface area contributed by atoms with Crippen LogP contribution in [0.3, 0.4) is 0 Å². The summed E-state index contributed by atoms with van der Waals surface area (Å²) in [5, 5.41) is 1.09. The summed E-state index contributed by atoms with van der Waals surface area (Å²) >= 11 is 0. The summed E-state index contributed by atoms with van der Waals surface area (Å²) in [6.45, 7) is 5.13. The van der Waals surface area contributed by atoms with Crippen LogP contribution in [0, 0.1) is 13.8 Å². The molecule has 0 aliphatic carbocycles. The molecule has 1 N–H and O–H groups in total. The van der Waals surface area contributed by atoms with E-state index < -0.39 is 0 Å². The number of rotatable bonds is 5. The van der Waals surface area contributed by atoms with Gasteiger partial charge >= 0.3 is 0 Å². The number of hydrogen-bond acceptors (Lipinski definition) is 4. The van der Waals surface area contributed by atoms with Crippen molar-refractivity contribution in [2.24, 2.45) is 0 Å². The van der Waals surface area contributed by atoms with E-state index in [0.717, 1.165) is 40.0 Å². The van der Waals surface area contributed by atoms with Gasteiger partial charge in [-0.1, -0.05) is 12.1 Å². The van der Waals surface area contributed by atoms with Crippen LogP contribution < -0.4 is 10.2 Å². The molecule has 0 bridgehead atoms. The largest absolute Gasteiger partial charge is 0.494 e. The first-order chi connectivity index (χ1) is 12.0. The van der Waals surface area contributed by atoms with E-state index in [2.05, 4.69) is 27.0 Å². The van der Waals surface area contributed by atoms with Crippen LogP contribution in [0.5, 0.6) is 5.75 Å². The number of aromatic nitrogens is 2. The fourth-order valence-corrected chi connectivity index (χ4v) is 3.09. The van der Waals surface area contributed by atoms with Crippen LogP contribution in [-0.2, 0) is 13.1 Å². The summed E-state index contributed by atoms with van der Waals surface area (Å²) in [7, 11) is 3.70. The summed E-state index contributed by atoms with van der Waals surface area (Å²) in [5.41, 5.74) is 4.65. The van der Waals surface area contributed by atoms with Gasteiger partial charge in [-0.15, -0.1) is 0 Å². The second kappa shape index (κ2) is 7.07. The summed E-state index contributed by atoms with van der Waals surface area (Å²) < 4.78 is 5.41. The number of fused-ring (bicyclic) bond motifs is 1. The van der Waals surface area contributed by atoms with Gasteiger partial charge in [0, 0.05) is 47.7 Å². The fraction of sp³-hybridized carbons (Fsp3) is 0.300. The third kappa shape index (κ3) is 3.42. The van der Waals surface area contributed by atoms with Gasteiger partial charge in [-0.3, -0.25) is 14.7 Å². The highest BCUT2D eigenvalue weighted by atomic mass is 16.5. The van der Waals surface area contributed by atoms with Crippen molar-refractivity contribution in [3.63, 3.8) is 0 Å². The van der Waals surface area contributed by atoms with E-state index in [9.17, 15) is 4.79 Å². The SMILES string of the molecule is COc1ccc(CN(C)Cc2[nH]cc(C)c(=O)c2C)c2cccnc12. The summed E-state index contributed by atoms with van der Waals surface area (Å²) in [6, 6.07) is 8.03. The van der Waals surface area contributed by atoms with E-state index in [1.165, 1.54) is 5.56 Å². The molecular weight excluding hydrogens is 314 g/mol. The number of hydrogen-bond donors (Lipinski definition) is 1. The van der Waals surface area contributed by atoms with Gasteiger partial charge in [-0.25, -0.2) is 0 Å². The lowest BCUT2D eigenvalue weighted by Crippen LogP contribution is -2.22. The molecule has 0 saturated heterocycles. The van der Waals surface area contributed by atoms with Crippen molar-refractivity contribution in [1.29, 1.82) is 0 Å². The molecule has 0 amide bonds. The van der Waals surface area contributed by atoms with E-state index in [-0.39, 0.29) is 5.43 Å². The van der Waals surface area contributed by atoms with Gasteiger partial charge in [0.05, 0.1) is 7.11 Å². The van der Waals surface area contributed by atoms with Gasteiger partial charge in [-0.05, 0) is 38.6 Å². The molecule has 3 rings (SSSR count). The second-order valence-corrected chi connectivity index (χ2v) is 6.40. The number of benzene rings is 1. The Kier molecular flexibility index (Phi) is 4.86. The predicted molar refractivity (Wildman–Crippen MR) is 100 cm³/mol. The zero-order chi connectivity index (χ0) is 18.0. The molecule has 130 valence electrons. The number of ether oxygens (including phenoxy) is 1. The maximum absolute atomic E-state index is 12.1. The lowest BCUT2D eigenvalue weighted by atomic mass is 10.1. The lowest BCUT2D eigenvalue weighted by molar-refractivity contribution is 0.315. The molecule has 0 radical (unpaired) electrons. The average molecular weight is 337 g/mol. The maximum atomic E-state index is 12.1. The van der Waals surface area contributed by atoms with Crippen LogP contribution in [0.4, 0.5) is 0 Å². The first-order valence-corrected chi connectivity index (χ1v) is 8.28. The van der Waals surface area contributed by atoms with E-state index in [1.807, 2.05) is 33.0 Å². The summed E-state index contributed by atoms with van der Waals surface area (Å²) in [4.78, 5) is 22.0. The standard InChI is InChI=1S/C20H23N3O2/c1-13-10-22-17(14(2)20(13)24)12-23(3)11-15-7-8-18(25-4)19-16(15)6-5-9-21-19/h5-10H,11-12H2,1-4H3,(H,22,24). The van der Waals surface area contributed by atoms with Crippen LogP contribution in [0.1, 0.15) is 22.4 Å². The highest BCUT2D eigenvalue weighted by molar-refractivity contribution is 5.87. The second-order valence-electron chi connectivity index (χ2n) is 6.40. The number of aryl methyl sites for hydroxylation is 1. The Bertz CT molecular complexity index is 963. The molecule has 0 aliphatic rings.